The summed E-state index contributed by atoms with van der Waals surface area (Å²) in [6.45, 7) is 16.8. The normalized spacial score (nSPS) is 18.7. The van der Waals surface area contributed by atoms with Crippen molar-refractivity contribution in [3.05, 3.63) is 58.2 Å². The standard InChI is InChI=1S/C34H50O5/c1-23(2)12-9-13-24(3)14-10-15-25(4)16-11-18-34(8)19-17-29-22-30(27(6)28(7)33(29)39-34)38-32(37)21-26(5)20-31(35)36/h11,14,16,18,22-23,26H,9-10,12-13,15,17,19-21H2,1-8H3,(H,35,36)/b18-11?,24-14+,25-16?/t26?,34-/m0/s1. The van der Waals surface area contributed by atoms with E-state index in [1.807, 2.05) is 19.9 Å². The van der Waals surface area contributed by atoms with Crippen molar-refractivity contribution in [1.29, 1.82) is 0 Å². The Bertz CT molecular complexity index is 1090. The minimum atomic E-state index is -0.911. The molecule has 0 aromatic heterocycles. The molecule has 39 heavy (non-hydrogen) atoms. The molecule has 2 rings (SSSR count). The molecular weight excluding hydrogens is 488 g/mol. The fourth-order valence-electron chi connectivity index (χ4n) is 4.90. The number of carbonyl (C=O) groups is 2. The SMILES string of the molecule is CC(=CC=C[C@@]1(C)CCc2cc(OC(=O)CC(C)CC(=O)O)c(C)c(C)c2O1)CC/C=C(\C)CCCC(C)C. The van der Waals surface area contributed by atoms with E-state index >= 15 is 0 Å². The molecule has 0 radical (unpaired) electrons. The monoisotopic (exact) mass is 538 g/mol. The highest BCUT2D eigenvalue weighted by molar-refractivity contribution is 5.75. The van der Waals surface area contributed by atoms with Gasteiger partial charge in [0.2, 0.25) is 0 Å². The van der Waals surface area contributed by atoms with Crippen molar-refractivity contribution in [1.82, 2.24) is 0 Å². The maximum absolute atomic E-state index is 12.4. The molecule has 1 aliphatic rings. The molecule has 0 fully saturated rings. The van der Waals surface area contributed by atoms with E-state index in [2.05, 4.69) is 58.9 Å². The van der Waals surface area contributed by atoms with Crippen molar-refractivity contribution in [3.8, 4) is 11.5 Å². The number of aryl methyl sites for hydroxylation is 1. The second kappa shape index (κ2) is 15.1. The summed E-state index contributed by atoms with van der Waals surface area (Å²) in [6, 6.07) is 1.91. The fourth-order valence-corrected chi connectivity index (χ4v) is 4.90. The van der Waals surface area contributed by atoms with Crippen molar-refractivity contribution in [2.75, 3.05) is 0 Å². The van der Waals surface area contributed by atoms with E-state index in [1.165, 1.54) is 30.4 Å². The van der Waals surface area contributed by atoms with Gasteiger partial charge in [-0.3, -0.25) is 9.59 Å². The Morgan fingerprint density at radius 3 is 2.49 bits per heavy atom. The summed E-state index contributed by atoms with van der Waals surface area (Å²) in [5, 5.41) is 8.94. The topological polar surface area (TPSA) is 72.8 Å². The Balaban J connectivity index is 1.98. The minimum Gasteiger partial charge on any atom is -0.483 e. The molecule has 0 spiro atoms. The maximum atomic E-state index is 12.4. The molecule has 1 aromatic carbocycles. The molecule has 2 atom stereocenters. The second-order valence-corrected chi connectivity index (χ2v) is 12.2. The Morgan fingerprint density at radius 1 is 1.10 bits per heavy atom. The molecule has 5 nitrogen and oxygen atoms in total. The lowest BCUT2D eigenvalue weighted by atomic mass is 9.89. The quantitative estimate of drug-likeness (QED) is 0.111. The van der Waals surface area contributed by atoms with Crippen LogP contribution >= 0.6 is 0 Å². The number of benzene rings is 1. The molecule has 0 saturated heterocycles. The number of rotatable bonds is 14. The maximum Gasteiger partial charge on any atom is 0.311 e. The van der Waals surface area contributed by atoms with Gasteiger partial charge in [0.15, 0.2) is 0 Å². The molecule has 1 aliphatic heterocycles. The Morgan fingerprint density at radius 2 is 1.82 bits per heavy atom. The Kier molecular flexibility index (Phi) is 12.5. The van der Waals surface area contributed by atoms with Crippen LogP contribution in [0.1, 0.15) is 110 Å². The molecule has 0 amide bonds. The lowest BCUT2D eigenvalue weighted by Crippen LogP contribution is -2.34. The van der Waals surface area contributed by atoms with E-state index in [-0.39, 0.29) is 18.8 Å². The number of carboxylic acid groups (broad SMARTS) is 1. The summed E-state index contributed by atoms with van der Waals surface area (Å²) in [7, 11) is 0. The largest absolute Gasteiger partial charge is 0.483 e. The third-order valence-corrected chi connectivity index (χ3v) is 7.57. The average molecular weight is 539 g/mol. The lowest BCUT2D eigenvalue weighted by molar-refractivity contribution is -0.139. The molecule has 1 unspecified atom stereocenters. The van der Waals surface area contributed by atoms with Crippen molar-refractivity contribution in [3.63, 3.8) is 0 Å². The van der Waals surface area contributed by atoms with Gasteiger partial charge in [-0.1, -0.05) is 56.6 Å². The molecular formula is C34H50O5. The predicted molar refractivity (Wildman–Crippen MR) is 160 cm³/mol. The van der Waals surface area contributed by atoms with Crippen LogP contribution in [0.15, 0.2) is 41.5 Å². The van der Waals surface area contributed by atoms with Gasteiger partial charge < -0.3 is 14.6 Å². The molecule has 0 aliphatic carbocycles. The zero-order chi connectivity index (χ0) is 29.2. The first-order valence-corrected chi connectivity index (χ1v) is 14.5. The van der Waals surface area contributed by atoms with E-state index in [9.17, 15) is 9.59 Å². The van der Waals surface area contributed by atoms with Crippen LogP contribution < -0.4 is 9.47 Å². The molecule has 216 valence electrons. The van der Waals surface area contributed by atoms with Crippen LogP contribution in [-0.4, -0.2) is 22.6 Å². The van der Waals surface area contributed by atoms with E-state index < -0.39 is 17.5 Å². The molecule has 1 heterocycles. The van der Waals surface area contributed by atoms with Gasteiger partial charge in [0.1, 0.15) is 17.1 Å². The van der Waals surface area contributed by atoms with E-state index in [4.69, 9.17) is 14.6 Å². The number of allylic oxidation sites excluding steroid dienone is 5. The average Bonchev–Trinajstić information content (AvgIpc) is 2.82. The number of fused-ring (bicyclic) bond motifs is 1. The molecule has 5 heteroatoms. The summed E-state index contributed by atoms with van der Waals surface area (Å²) in [6.07, 6.45) is 16.4. The van der Waals surface area contributed by atoms with Crippen LogP contribution in [0.5, 0.6) is 11.5 Å². The second-order valence-electron chi connectivity index (χ2n) is 12.2. The van der Waals surface area contributed by atoms with Crippen molar-refractivity contribution >= 4 is 11.9 Å². The minimum absolute atomic E-state index is 0.0543. The van der Waals surface area contributed by atoms with E-state index in [0.29, 0.717) is 5.75 Å². The van der Waals surface area contributed by atoms with Gasteiger partial charge in [-0.15, -0.1) is 0 Å². The molecule has 1 N–H and O–H groups in total. The highest BCUT2D eigenvalue weighted by Gasteiger charge is 2.31. The van der Waals surface area contributed by atoms with Gasteiger partial charge in [-0.05, 0) is 114 Å². The Hall–Kier alpha value is -2.82. The van der Waals surface area contributed by atoms with Crippen molar-refractivity contribution in [2.24, 2.45) is 11.8 Å². The first-order valence-electron chi connectivity index (χ1n) is 14.5. The first-order chi connectivity index (χ1) is 18.3. The van der Waals surface area contributed by atoms with Crippen LogP contribution in [0, 0.1) is 25.7 Å². The zero-order valence-electron chi connectivity index (χ0n) is 25.5. The van der Waals surface area contributed by atoms with Crippen LogP contribution in [0.2, 0.25) is 0 Å². The van der Waals surface area contributed by atoms with Crippen LogP contribution in [-0.2, 0) is 16.0 Å². The molecule has 1 aromatic rings. The van der Waals surface area contributed by atoms with Crippen LogP contribution in [0.25, 0.3) is 0 Å². The molecule has 0 bridgehead atoms. The highest BCUT2D eigenvalue weighted by atomic mass is 16.5. The van der Waals surface area contributed by atoms with Gasteiger partial charge in [0, 0.05) is 12.8 Å². The van der Waals surface area contributed by atoms with Gasteiger partial charge in [-0.2, -0.15) is 0 Å². The predicted octanol–water partition coefficient (Wildman–Crippen LogP) is 8.85. The van der Waals surface area contributed by atoms with Crippen LogP contribution in [0.3, 0.4) is 0 Å². The van der Waals surface area contributed by atoms with Gasteiger partial charge in [-0.25, -0.2) is 0 Å². The third kappa shape index (κ3) is 11.1. The molecule has 0 saturated carbocycles. The number of hydrogen-bond acceptors (Lipinski definition) is 4. The third-order valence-electron chi connectivity index (χ3n) is 7.57. The lowest BCUT2D eigenvalue weighted by Gasteiger charge is -2.35. The summed E-state index contributed by atoms with van der Waals surface area (Å²) >= 11 is 0. The van der Waals surface area contributed by atoms with Crippen molar-refractivity contribution < 1.29 is 24.2 Å². The highest BCUT2D eigenvalue weighted by Crippen LogP contribution is 2.41. The number of aliphatic carboxylic acids is 1. The Labute approximate surface area is 236 Å². The summed E-state index contributed by atoms with van der Waals surface area (Å²) < 4.78 is 12.2. The van der Waals surface area contributed by atoms with Gasteiger partial charge >= 0.3 is 11.9 Å². The van der Waals surface area contributed by atoms with E-state index in [0.717, 1.165) is 54.0 Å². The smallest absolute Gasteiger partial charge is 0.311 e. The van der Waals surface area contributed by atoms with Crippen LogP contribution in [0.4, 0.5) is 0 Å². The first kappa shape index (κ1) is 32.4. The zero-order valence-corrected chi connectivity index (χ0v) is 25.5. The van der Waals surface area contributed by atoms with Gasteiger partial charge in [0.05, 0.1) is 0 Å². The number of hydrogen-bond donors (Lipinski definition) is 1. The number of carbonyl (C=O) groups excluding carboxylic acids is 1. The van der Waals surface area contributed by atoms with E-state index in [1.54, 1.807) is 6.92 Å². The summed E-state index contributed by atoms with van der Waals surface area (Å²) in [4.78, 5) is 23.3. The summed E-state index contributed by atoms with van der Waals surface area (Å²) in [5.74, 6) is 0.580. The number of ether oxygens (including phenoxy) is 2. The number of esters is 1. The van der Waals surface area contributed by atoms with Gasteiger partial charge in [0.25, 0.3) is 0 Å². The fraction of sp³-hybridized carbons (Fsp3) is 0.588. The summed E-state index contributed by atoms with van der Waals surface area (Å²) in [5.41, 5.74) is 5.32. The van der Waals surface area contributed by atoms with Crippen molar-refractivity contribution in [2.45, 2.75) is 119 Å². The number of carboxylic acids is 1.